The van der Waals surface area contributed by atoms with Crippen molar-refractivity contribution in [2.75, 3.05) is 9.80 Å². The molecule has 0 atom stereocenters. The second-order valence-electron chi connectivity index (χ2n) is 11.0. The molecule has 0 saturated carbocycles. The maximum atomic E-state index is 10.4. The molecule has 0 saturated heterocycles. The number of nitrogens with zero attached hydrogens (tertiary/aromatic N) is 4. The molecule has 1 N–H and O–H groups in total. The maximum absolute atomic E-state index is 10.4. The first-order chi connectivity index (χ1) is 19.3. The molecule has 0 amide bonds. The number of aromatic nitrogens is 2. The summed E-state index contributed by atoms with van der Waals surface area (Å²) in [5, 5.41) is 15.2. The van der Waals surface area contributed by atoms with Crippen LogP contribution in [0, 0.1) is 19.7 Å². The fourth-order valence-corrected chi connectivity index (χ4v) is 5.51. The van der Waals surface area contributed by atoms with Crippen LogP contribution in [0.1, 0.15) is 56.4 Å². The summed E-state index contributed by atoms with van der Waals surface area (Å²) in [6, 6.07) is 34.3. The number of rotatable bonds is 6. The van der Waals surface area contributed by atoms with E-state index in [0.717, 1.165) is 34.0 Å². The van der Waals surface area contributed by atoms with Crippen molar-refractivity contribution in [1.29, 1.82) is 0 Å². The molecule has 0 radical (unpaired) electrons. The standard InChI is InChI=1S/C35H34N4O.Pt/c1-23(2)28-14-11-15-29(24(3)4)35(28)38-22-37(31-16-6-7-17-32(31)38)27-13-10-12-26(21-27)30-20-25(5)39(36-30)33-18-8-9-19-34(33)40;/h6-20,22-24,40H,1-5H3;/q-2;+2. The smallest absolute Gasteiger partial charge is 0.506 e. The number of aryl methyl sites for hydroxylation is 1. The van der Waals surface area contributed by atoms with E-state index in [1.54, 1.807) is 10.7 Å². The van der Waals surface area contributed by atoms with Gasteiger partial charge in [-0.3, -0.25) is 0 Å². The number of para-hydroxylation sites is 5. The third kappa shape index (κ3) is 5.20. The Labute approximate surface area is 257 Å². The Bertz CT molecular complexity index is 1660. The zero-order valence-corrected chi connectivity index (χ0v) is 26.2. The average molecular weight is 722 g/mol. The number of phenolic OH excluding ortho intramolecular Hbond substituents is 1. The Morgan fingerprint density at radius 2 is 1.32 bits per heavy atom. The zero-order chi connectivity index (χ0) is 28.0. The van der Waals surface area contributed by atoms with Gasteiger partial charge in [0.15, 0.2) is 0 Å². The van der Waals surface area contributed by atoms with Crippen LogP contribution < -0.4 is 9.80 Å². The second-order valence-corrected chi connectivity index (χ2v) is 11.0. The van der Waals surface area contributed by atoms with Crippen LogP contribution in [-0.2, 0) is 21.1 Å². The molecule has 210 valence electrons. The summed E-state index contributed by atoms with van der Waals surface area (Å²) in [5.41, 5.74) is 10.4. The van der Waals surface area contributed by atoms with Crippen molar-refractivity contribution in [2.45, 2.75) is 46.5 Å². The summed E-state index contributed by atoms with van der Waals surface area (Å²) in [6.45, 7) is 13.2. The van der Waals surface area contributed by atoms with Crippen LogP contribution in [0.2, 0.25) is 0 Å². The molecule has 41 heavy (non-hydrogen) atoms. The van der Waals surface area contributed by atoms with E-state index in [-0.39, 0.29) is 26.8 Å². The van der Waals surface area contributed by atoms with E-state index in [1.165, 1.54) is 16.8 Å². The van der Waals surface area contributed by atoms with E-state index in [2.05, 4.69) is 105 Å². The Balaban J connectivity index is 0.00000337. The van der Waals surface area contributed by atoms with Crippen LogP contribution in [0.3, 0.4) is 0 Å². The third-order valence-electron chi connectivity index (χ3n) is 7.53. The van der Waals surface area contributed by atoms with Gasteiger partial charge in [0.05, 0.1) is 0 Å². The molecule has 5 aromatic rings. The molecule has 0 spiro atoms. The van der Waals surface area contributed by atoms with E-state index >= 15 is 0 Å². The summed E-state index contributed by atoms with van der Waals surface area (Å²) < 4.78 is 1.78. The number of benzene rings is 4. The maximum Gasteiger partial charge on any atom is 2.00 e. The molecule has 0 unspecified atom stereocenters. The van der Waals surface area contributed by atoms with Crippen molar-refractivity contribution in [3.8, 4) is 22.7 Å². The first kappa shape index (κ1) is 28.7. The van der Waals surface area contributed by atoms with Crippen molar-refractivity contribution < 1.29 is 26.2 Å². The topological polar surface area (TPSA) is 44.5 Å². The minimum Gasteiger partial charge on any atom is -0.506 e. The predicted octanol–water partition coefficient (Wildman–Crippen LogP) is 9.01. The predicted molar refractivity (Wildman–Crippen MR) is 164 cm³/mol. The summed E-state index contributed by atoms with van der Waals surface area (Å²) in [4.78, 5) is 4.56. The Hall–Kier alpha value is -3.82. The van der Waals surface area contributed by atoms with Crippen LogP contribution in [-0.4, -0.2) is 14.9 Å². The van der Waals surface area contributed by atoms with Crippen molar-refractivity contribution in [3.05, 3.63) is 121 Å². The van der Waals surface area contributed by atoms with Gasteiger partial charge in [-0.2, -0.15) is 0 Å². The molecule has 5 nitrogen and oxygen atoms in total. The minimum absolute atomic E-state index is 0. The van der Waals surface area contributed by atoms with Gasteiger partial charge in [-0.05, 0) is 54.2 Å². The summed E-state index contributed by atoms with van der Waals surface area (Å²) in [5.74, 6) is 0.977. The van der Waals surface area contributed by atoms with Gasteiger partial charge >= 0.3 is 21.1 Å². The van der Waals surface area contributed by atoms with Crippen LogP contribution >= 0.6 is 0 Å². The molecular formula is C35H34N4OPt. The monoisotopic (exact) mass is 721 g/mol. The number of anilines is 4. The van der Waals surface area contributed by atoms with Gasteiger partial charge in [-0.15, -0.1) is 36.5 Å². The number of hydrogen-bond acceptors (Lipinski definition) is 4. The van der Waals surface area contributed by atoms with Gasteiger partial charge in [-0.1, -0.05) is 81.9 Å². The fraction of sp³-hybridized carbons (Fsp3) is 0.200. The molecule has 0 fully saturated rings. The van der Waals surface area contributed by atoms with E-state index in [4.69, 9.17) is 5.10 Å². The molecule has 6 rings (SSSR count). The fourth-order valence-electron chi connectivity index (χ4n) is 5.51. The Kier molecular flexibility index (Phi) is 8.11. The quantitative estimate of drug-likeness (QED) is 0.178. The van der Waals surface area contributed by atoms with Gasteiger partial charge in [0, 0.05) is 28.5 Å². The van der Waals surface area contributed by atoms with Gasteiger partial charge < -0.3 is 14.9 Å². The molecular weight excluding hydrogens is 687 g/mol. The van der Waals surface area contributed by atoms with Gasteiger partial charge in [0.2, 0.25) is 0 Å². The molecule has 1 aliphatic rings. The minimum atomic E-state index is 0. The zero-order valence-electron chi connectivity index (χ0n) is 23.9. The number of phenols is 1. The van der Waals surface area contributed by atoms with E-state index in [0.29, 0.717) is 17.5 Å². The normalized spacial score (nSPS) is 12.7. The van der Waals surface area contributed by atoms with Crippen LogP contribution in [0.5, 0.6) is 5.75 Å². The summed E-state index contributed by atoms with van der Waals surface area (Å²) in [7, 11) is 0. The van der Waals surface area contributed by atoms with Gasteiger partial charge in [0.25, 0.3) is 0 Å². The van der Waals surface area contributed by atoms with Crippen LogP contribution in [0.25, 0.3) is 16.9 Å². The largest absolute Gasteiger partial charge is 2.00 e. The molecule has 0 bridgehead atoms. The van der Waals surface area contributed by atoms with E-state index in [9.17, 15) is 5.11 Å². The molecule has 6 heteroatoms. The average Bonchev–Trinajstić information content (AvgIpc) is 3.54. The third-order valence-corrected chi connectivity index (χ3v) is 7.53. The number of aromatic hydroxyl groups is 1. The van der Waals surface area contributed by atoms with E-state index < -0.39 is 0 Å². The molecule has 4 aromatic carbocycles. The van der Waals surface area contributed by atoms with Gasteiger partial charge in [-0.25, -0.2) is 9.78 Å². The Morgan fingerprint density at radius 3 is 1.95 bits per heavy atom. The molecule has 1 aliphatic heterocycles. The Morgan fingerprint density at radius 1 is 0.732 bits per heavy atom. The van der Waals surface area contributed by atoms with Crippen LogP contribution in [0.15, 0.2) is 91.0 Å². The summed E-state index contributed by atoms with van der Waals surface area (Å²) >= 11 is 0. The van der Waals surface area contributed by atoms with Crippen molar-refractivity contribution in [1.82, 2.24) is 9.78 Å². The number of hydrogen-bond donors (Lipinski definition) is 1. The van der Waals surface area contributed by atoms with Crippen molar-refractivity contribution in [3.63, 3.8) is 0 Å². The molecule has 0 aliphatic carbocycles. The van der Waals surface area contributed by atoms with Crippen molar-refractivity contribution >= 4 is 22.7 Å². The SMILES string of the molecule is Cc1cc(-c2[c-]c(N3[CH-]N(c4c(C(C)C)cccc4C(C)C)c4ccccc43)ccc2)nn1-c1ccccc1O.[Pt+2]. The molecule has 2 heterocycles. The van der Waals surface area contributed by atoms with E-state index in [1.807, 2.05) is 37.3 Å². The first-order valence-corrected chi connectivity index (χ1v) is 13.9. The van der Waals surface area contributed by atoms with Crippen LogP contribution in [0.4, 0.5) is 22.7 Å². The van der Waals surface area contributed by atoms with Gasteiger partial charge in [0.1, 0.15) is 11.4 Å². The van der Waals surface area contributed by atoms with Crippen molar-refractivity contribution in [2.24, 2.45) is 0 Å². The first-order valence-electron chi connectivity index (χ1n) is 13.9. The molecule has 1 aromatic heterocycles. The second kappa shape index (κ2) is 11.6. The number of fused-ring (bicyclic) bond motifs is 1. The summed E-state index contributed by atoms with van der Waals surface area (Å²) in [6.07, 6.45) is 0.